The van der Waals surface area contributed by atoms with Crippen LogP contribution in [0.15, 0.2) is 69.0 Å². The van der Waals surface area contributed by atoms with Gasteiger partial charge in [-0.2, -0.15) is 0 Å². The van der Waals surface area contributed by atoms with Gasteiger partial charge in [0, 0.05) is 23.6 Å². The van der Waals surface area contributed by atoms with Gasteiger partial charge in [-0.3, -0.25) is 0 Å². The molecular formula is C32H38N2O4. The number of hydrogen-bond donors (Lipinski definition) is 2. The third-order valence-corrected chi connectivity index (χ3v) is 10.3. The number of hydrogen-bond acceptors (Lipinski definition) is 6. The lowest BCUT2D eigenvalue weighted by Gasteiger charge is -2.57. The highest BCUT2D eigenvalue weighted by Crippen LogP contribution is 2.72. The van der Waals surface area contributed by atoms with Crippen LogP contribution in [-0.2, 0) is 19.1 Å². The van der Waals surface area contributed by atoms with Gasteiger partial charge < -0.3 is 20.5 Å². The molecule has 6 nitrogen and oxygen atoms in total. The molecule has 5 aliphatic carbocycles. The summed E-state index contributed by atoms with van der Waals surface area (Å²) in [6.45, 7) is 5.04. The van der Waals surface area contributed by atoms with Crippen molar-refractivity contribution >= 4 is 11.9 Å². The van der Waals surface area contributed by atoms with Crippen molar-refractivity contribution in [3.8, 4) is 0 Å². The average Bonchev–Trinajstić information content (AvgIpc) is 3.40. The van der Waals surface area contributed by atoms with Gasteiger partial charge in [0.1, 0.15) is 11.5 Å². The van der Waals surface area contributed by atoms with E-state index >= 15 is 0 Å². The molecule has 0 aromatic heterocycles. The third-order valence-electron chi connectivity index (χ3n) is 10.3. The zero-order valence-electron chi connectivity index (χ0n) is 22.5. The van der Waals surface area contributed by atoms with Crippen LogP contribution in [-0.4, -0.2) is 18.5 Å². The Labute approximate surface area is 224 Å². The molecule has 3 aliphatic heterocycles. The average molecular weight is 515 g/mol. The van der Waals surface area contributed by atoms with Gasteiger partial charge in [0.25, 0.3) is 0 Å². The number of cyclic esters (lactones) is 1. The lowest BCUT2D eigenvalue weighted by molar-refractivity contribution is -0.135. The van der Waals surface area contributed by atoms with Crippen LogP contribution in [0, 0.1) is 29.1 Å². The number of ether oxygens (including phenoxy) is 2. The number of carbonyl (C=O) groups excluding carboxylic acids is 2. The monoisotopic (exact) mass is 514 g/mol. The first-order valence-electron chi connectivity index (χ1n) is 14.7. The first-order chi connectivity index (χ1) is 18.5. The van der Waals surface area contributed by atoms with Crippen LogP contribution in [0.5, 0.6) is 0 Å². The van der Waals surface area contributed by atoms with Crippen molar-refractivity contribution in [2.75, 3.05) is 6.54 Å². The second-order valence-electron chi connectivity index (χ2n) is 12.2. The number of unbranched alkanes of at least 4 members (excludes halogenated alkanes) is 1. The van der Waals surface area contributed by atoms with Crippen molar-refractivity contribution in [2.24, 2.45) is 34.8 Å². The summed E-state index contributed by atoms with van der Waals surface area (Å²) in [6.07, 6.45) is 16.0. The summed E-state index contributed by atoms with van der Waals surface area (Å²) in [5, 5.41) is 3.16. The zero-order valence-corrected chi connectivity index (χ0v) is 22.5. The molecule has 5 atom stereocenters. The minimum Gasteiger partial charge on any atom is -0.427 e. The fourth-order valence-corrected chi connectivity index (χ4v) is 9.03. The van der Waals surface area contributed by atoms with Gasteiger partial charge in [0.2, 0.25) is 0 Å². The van der Waals surface area contributed by atoms with E-state index in [9.17, 15) is 9.59 Å². The maximum atomic E-state index is 13.7. The maximum absolute atomic E-state index is 13.7. The molecule has 0 aromatic carbocycles. The summed E-state index contributed by atoms with van der Waals surface area (Å²) in [7, 11) is 0. The number of allylic oxidation sites excluding steroid dienone is 7. The van der Waals surface area contributed by atoms with Crippen LogP contribution in [0.2, 0.25) is 0 Å². The molecule has 1 saturated carbocycles. The predicted octanol–water partition coefficient (Wildman–Crippen LogP) is 5.61. The summed E-state index contributed by atoms with van der Waals surface area (Å²) in [6, 6.07) is 0. The summed E-state index contributed by atoms with van der Waals surface area (Å²) in [5.74, 6) is 2.88. The van der Waals surface area contributed by atoms with Crippen molar-refractivity contribution in [1.29, 1.82) is 0 Å². The van der Waals surface area contributed by atoms with Gasteiger partial charge in [-0.15, -0.1) is 0 Å². The molecule has 6 heteroatoms. The molecule has 38 heavy (non-hydrogen) atoms. The van der Waals surface area contributed by atoms with E-state index in [0.29, 0.717) is 24.2 Å². The maximum Gasteiger partial charge on any atom is 0.340 e. The molecule has 1 spiro atoms. The van der Waals surface area contributed by atoms with E-state index in [1.807, 2.05) is 6.08 Å². The number of nitrogens with one attached hydrogen (secondary N) is 1. The number of fused-ring (bicyclic) bond motifs is 1. The lowest BCUT2D eigenvalue weighted by atomic mass is 9.43. The number of carbonyl (C=O) groups is 2. The fourth-order valence-electron chi connectivity index (χ4n) is 9.03. The van der Waals surface area contributed by atoms with E-state index in [-0.39, 0.29) is 23.8 Å². The second kappa shape index (κ2) is 8.75. The number of esters is 2. The van der Waals surface area contributed by atoms with Crippen LogP contribution in [0.3, 0.4) is 0 Å². The molecule has 3 heterocycles. The molecule has 200 valence electrons. The fraction of sp³-hybridized carbons (Fsp3) is 0.562. The normalized spacial score (nSPS) is 36.0. The highest BCUT2D eigenvalue weighted by molar-refractivity contribution is 6.00. The third kappa shape index (κ3) is 3.18. The van der Waals surface area contributed by atoms with Gasteiger partial charge in [0.05, 0.1) is 16.8 Å². The number of nitrogens with two attached hydrogens (primary N) is 1. The van der Waals surface area contributed by atoms with Gasteiger partial charge >= 0.3 is 11.9 Å². The second-order valence-corrected chi connectivity index (χ2v) is 12.2. The van der Waals surface area contributed by atoms with Crippen LogP contribution in [0.1, 0.15) is 78.1 Å². The molecular weight excluding hydrogens is 476 g/mol. The first-order valence-corrected chi connectivity index (χ1v) is 14.7. The molecule has 2 fully saturated rings. The standard InChI is InChI=1S/C32H38N2O4/c1-3-5-7-23-32-12-10-20(21(28(32)31(36)37-23)14-17-11-13-34-24(33)15-17)22-16-19-9-8-18(6-4-2)29-25(19)26(27(22)32)30(35)38-29/h7,11,15,19-20,22,27,34H,3-6,8-10,12-14,16,33H2,1-2H3. The predicted molar refractivity (Wildman–Crippen MR) is 144 cm³/mol. The highest BCUT2D eigenvalue weighted by Gasteiger charge is 2.69. The Morgan fingerprint density at radius 1 is 1.13 bits per heavy atom. The minimum atomic E-state index is -0.562. The molecule has 8 rings (SSSR count). The largest absolute Gasteiger partial charge is 0.427 e. The van der Waals surface area contributed by atoms with Gasteiger partial charge in [-0.1, -0.05) is 38.3 Å². The van der Waals surface area contributed by atoms with Crippen LogP contribution < -0.4 is 11.1 Å². The Morgan fingerprint density at radius 3 is 2.79 bits per heavy atom. The van der Waals surface area contributed by atoms with Crippen LogP contribution in [0.25, 0.3) is 0 Å². The molecule has 5 unspecified atom stereocenters. The molecule has 0 radical (unpaired) electrons. The van der Waals surface area contributed by atoms with Crippen molar-refractivity contribution < 1.29 is 19.1 Å². The molecule has 1 saturated heterocycles. The Balaban J connectivity index is 1.43. The molecule has 8 aliphatic rings. The zero-order chi connectivity index (χ0) is 26.2. The van der Waals surface area contributed by atoms with E-state index in [1.165, 1.54) is 16.7 Å². The lowest BCUT2D eigenvalue weighted by Crippen LogP contribution is -2.53. The SMILES string of the molecule is CCCC=C1OC(=O)C2=C(CC3=CCNC(N)=C3)C3CCC12C1C2=C4C(=C(CCC)CCC4CC31)OC2=O. The van der Waals surface area contributed by atoms with Crippen molar-refractivity contribution in [3.05, 3.63) is 69.0 Å². The number of rotatable bonds is 6. The summed E-state index contributed by atoms with van der Waals surface area (Å²) >= 11 is 0. The van der Waals surface area contributed by atoms with E-state index < -0.39 is 5.41 Å². The first kappa shape index (κ1) is 24.1. The van der Waals surface area contributed by atoms with Crippen molar-refractivity contribution in [3.63, 3.8) is 0 Å². The topological polar surface area (TPSA) is 90.7 Å². The van der Waals surface area contributed by atoms with Crippen LogP contribution >= 0.6 is 0 Å². The number of dihydropyridines is 1. The van der Waals surface area contributed by atoms with E-state index in [1.54, 1.807) is 0 Å². The highest BCUT2D eigenvalue weighted by atomic mass is 16.5. The quantitative estimate of drug-likeness (QED) is 0.448. The smallest absolute Gasteiger partial charge is 0.340 e. The Bertz CT molecular complexity index is 1320. The van der Waals surface area contributed by atoms with Gasteiger partial charge in [0.15, 0.2) is 0 Å². The molecule has 2 bridgehead atoms. The van der Waals surface area contributed by atoms with Crippen molar-refractivity contribution in [2.45, 2.75) is 78.1 Å². The van der Waals surface area contributed by atoms with Gasteiger partial charge in [-0.05, 0) is 92.4 Å². The van der Waals surface area contributed by atoms with Gasteiger partial charge in [-0.25, -0.2) is 9.59 Å². The molecule has 0 aromatic rings. The molecule has 3 N–H and O–H groups in total. The summed E-state index contributed by atoms with van der Waals surface area (Å²) in [4.78, 5) is 27.5. The Hall–Kier alpha value is -3.02. The van der Waals surface area contributed by atoms with Crippen LogP contribution in [0.4, 0.5) is 0 Å². The minimum absolute atomic E-state index is 0.0469. The summed E-state index contributed by atoms with van der Waals surface area (Å²) < 4.78 is 12.3. The van der Waals surface area contributed by atoms with E-state index in [0.717, 1.165) is 92.4 Å². The molecule has 0 amide bonds. The Kier molecular flexibility index (Phi) is 5.54. The van der Waals surface area contributed by atoms with E-state index in [2.05, 4.69) is 31.3 Å². The van der Waals surface area contributed by atoms with Crippen molar-refractivity contribution in [1.82, 2.24) is 5.32 Å². The Morgan fingerprint density at radius 2 is 2.00 bits per heavy atom. The van der Waals surface area contributed by atoms with E-state index in [4.69, 9.17) is 15.2 Å². The summed E-state index contributed by atoms with van der Waals surface area (Å²) in [5.41, 5.74) is 12.1.